The molecule has 2 aromatic rings. The van der Waals surface area contributed by atoms with Gasteiger partial charge < -0.3 is 4.74 Å². The van der Waals surface area contributed by atoms with Gasteiger partial charge in [-0.2, -0.15) is 0 Å². The fourth-order valence-electron chi connectivity index (χ4n) is 1.49. The van der Waals surface area contributed by atoms with E-state index in [2.05, 4.69) is 9.72 Å². The molecule has 19 heavy (non-hydrogen) atoms. The van der Waals surface area contributed by atoms with Crippen LogP contribution in [0.5, 0.6) is 5.75 Å². The molecule has 0 aliphatic heterocycles. The summed E-state index contributed by atoms with van der Waals surface area (Å²) in [5.41, 5.74) is -0.228. The van der Waals surface area contributed by atoms with Crippen LogP contribution >= 0.6 is 22.6 Å². The number of benzene rings is 1. The first kappa shape index (κ1) is 14.0. The van der Waals surface area contributed by atoms with E-state index in [0.717, 1.165) is 6.07 Å². The lowest BCUT2D eigenvalue weighted by Crippen LogP contribution is -2.17. The summed E-state index contributed by atoms with van der Waals surface area (Å²) in [7, 11) is 0. The average molecular weight is 383 g/mol. The monoisotopic (exact) mass is 383 g/mol. The van der Waals surface area contributed by atoms with Crippen molar-refractivity contribution >= 4 is 22.6 Å². The molecule has 0 atom stereocenters. The number of alkyl halides is 3. The first-order valence-corrected chi connectivity index (χ1v) is 6.11. The second-order valence-electron chi connectivity index (χ2n) is 3.53. The molecule has 1 aromatic carbocycles. The largest absolute Gasteiger partial charge is 0.573 e. The highest BCUT2D eigenvalue weighted by Gasteiger charge is 2.32. The Balaban J connectivity index is 2.50. The highest BCUT2D eigenvalue weighted by atomic mass is 127. The van der Waals surface area contributed by atoms with Crippen molar-refractivity contribution in [3.63, 3.8) is 0 Å². The van der Waals surface area contributed by atoms with Crippen molar-refractivity contribution < 1.29 is 22.3 Å². The second kappa shape index (κ2) is 5.32. The summed E-state index contributed by atoms with van der Waals surface area (Å²) in [5, 5.41) is 0. The van der Waals surface area contributed by atoms with E-state index in [1.54, 1.807) is 0 Å². The molecule has 0 spiro atoms. The molecule has 0 saturated carbocycles. The van der Waals surface area contributed by atoms with Gasteiger partial charge in [0.15, 0.2) is 5.82 Å². The number of para-hydroxylation sites is 1. The summed E-state index contributed by atoms with van der Waals surface area (Å²) in [6.45, 7) is 0. The summed E-state index contributed by atoms with van der Waals surface area (Å²) in [5.74, 6) is -1.19. The predicted molar refractivity (Wildman–Crippen MR) is 69.0 cm³/mol. The highest BCUT2D eigenvalue weighted by Crippen LogP contribution is 2.33. The van der Waals surface area contributed by atoms with Crippen molar-refractivity contribution in [3.05, 3.63) is 45.9 Å². The summed E-state index contributed by atoms with van der Waals surface area (Å²) in [6, 6.07) is 6.47. The molecule has 0 radical (unpaired) electrons. The van der Waals surface area contributed by atoms with Gasteiger partial charge in [0.25, 0.3) is 0 Å². The van der Waals surface area contributed by atoms with Crippen LogP contribution < -0.4 is 4.74 Å². The maximum atomic E-state index is 13.7. The number of hydrogen-bond acceptors (Lipinski definition) is 2. The molecule has 0 aliphatic carbocycles. The molecule has 0 unspecified atom stereocenters. The highest BCUT2D eigenvalue weighted by molar-refractivity contribution is 14.1. The van der Waals surface area contributed by atoms with Gasteiger partial charge in [-0.3, -0.25) is 4.98 Å². The number of nitrogens with zero attached hydrogens (tertiary/aromatic N) is 1. The summed E-state index contributed by atoms with van der Waals surface area (Å²) in [4.78, 5) is 3.81. The smallest absolute Gasteiger partial charge is 0.405 e. The molecule has 0 saturated heterocycles. The first-order valence-electron chi connectivity index (χ1n) is 5.03. The third-order valence-electron chi connectivity index (χ3n) is 2.18. The van der Waals surface area contributed by atoms with E-state index >= 15 is 0 Å². The molecule has 100 valence electrons. The Morgan fingerprint density at radius 2 is 1.84 bits per heavy atom. The zero-order chi connectivity index (χ0) is 14.0. The third-order valence-corrected chi connectivity index (χ3v) is 2.77. The zero-order valence-corrected chi connectivity index (χ0v) is 11.4. The molecule has 1 heterocycles. The molecule has 7 heteroatoms. The van der Waals surface area contributed by atoms with Crippen LogP contribution in [0.25, 0.3) is 11.3 Å². The van der Waals surface area contributed by atoms with E-state index in [1.807, 2.05) is 22.6 Å². The predicted octanol–water partition coefficient (Wildman–Crippen LogP) is 4.39. The Hall–Kier alpha value is -1.38. The van der Waals surface area contributed by atoms with Crippen LogP contribution in [0.15, 0.2) is 36.5 Å². The quantitative estimate of drug-likeness (QED) is 0.567. The standard InChI is InChI=1S/C12H6F4INO/c13-9-5-7(17)6-18-11(9)8-3-1-2-4-10(8)19-12(14,15)16/h1-6H. The minimum absolute atomic E-state index is 0.0475. The van der Waals surface area contributed by atoms with Gasteiger partial charge in [0.05, 0.1) is 0 Å². The van der Waals surface area contributed by atoms with Gasteiger partial charge >= 0.3 is 6.36 Å². The maximum Gasteiger partial charge on any atom is 0.573 e. The van der Waals surface area contributed by atoms with Gasteiger partial charge in [-0.15, -0.1) is 13.2 Å². The van der Waals surface area contributed by atoms with E-state index in [1.165, 1.54) is 30.5 Å². The molecule has 0 aliphatic rings. The fraction of sp³-hybridized carbons (Fsp3) is 0.0833. The van der Waals surface area contributed by atoms with Crippen molar-refractivity contribution in [3.8, 4) is 17.0 Å². The maximum absolute atomic E-state index is 13.7. The number of hydrogen-bond donors (Lipinski definition) is 0. The van der Waals surface area contributed by atoms with Crippen LogP contribution in [0, 0.1) is 9.39 Å². The second-order valence-corrected chi connectivity index (χ2v) is 4.77. The minimum Gasteiger partial charge on any atom is -0.405 e. The van der Waals surface area contributed by atoms with Gasteiger partial charge in [0.1, 0.15) is 11.4 Å². The molecule has 0 N–H and O–H groups in total. The van der Waals surface area contributed by atoms with Crippen molar-refractivity contribution in [2.45, 2.75) is 6.36 Å². The molecule has 0 bridgehead atoms. The Morgan fingerprint density at radius 3 is 2.47 bits per heavy atom. The topological polar surface area (TPSA) is 22.1 Å². The number of ether oxygens (including phenoxy) is 1. The molecular weight excluding hydrogens is 377 g/mol. The first-order chi connectivity index (χ1) is 8.87. The molecule has 2 nitrogen and oxygen atoms in total. The summed E-state index contributed by atoms with van der Waals surface area (Å²) >= 11 is 1.86. The van der Waals surface area contributed by atoms with Crippen LogP contribution in [0.4, 0.5) is 17.6 Å². The fourth-order valence-corrected chi connectivity index (χ4v) is 1.90. The van der Waals surface area contributed by atoms with E-state index in [9.17, 15) is 17.6 Å². The summed E-state index contributed by atoms with van der Waals surface area (Å²) in [6.07, 6.45) is -3.47. The van der Waals surface area contributed by atoms with E-state index in [-0.39, 0.29) is 11.3 Å². The molecule has 0 fully saturated rings. The van der Waals surface area contributed by atoms with Gasteiger partial charge in [-0.25, -0.2) is 4.39 Å². The van der Waals surface area contributed by atoms with Crippen molar-refractivity contribution in [2.75, 3.05) is 0 Å². The minimum atomic E-state index is -4.84. The van der Waals surface area contributed by atoms with Crippen molar-refractivity contribution in [2.24, 2.45) is 0 Å². The van der Waals surface area contributed by atoms with Crippen LogP contribution in [0.2, 0.25) is 0 Å². The van der Waals surface area contributed by atoms with Gasteiger partial charge in [0, 0.05) is 15.3 Å². The average Bonchev–Trinajstić information content (AvgIpc) is 2.28. The number of pyridine rings is 1. The van der Waals surface area contributed by atoms with E-state index in [4.69, 9.17) is 0 Å². The number of halogens is 5. The molecular formula is C12H6F4INO. The Kier molecular flexibility index (Phi) is 3.93. The van der Waals surface area contributed by atoms with Crippen molar-refractivity contribution in [1.82, 2.24) is 4.98 Å². The molecule has 1 aromatic heterocycles. The lowest BCUT2D eigenvalue weighted by Gasteiger charge is -2.13. The van der Waals surface area contributed by atoms with Crippen LogP contribution in [-0.2, 0) is 0 Å². The van der Waals surface area contributed by atoms with E-state index < -0.39 is 17.9 Å². The van der Waals surface area contributed by atoms with Crippen LogP contribution in [-0.4, -0.2) is 11.3 Å². The van der Waals surface area contributed by atoms with E-state index in [0.29, 0.717) is 3.57 Å². The summed E-state index contributed by atoms with van der Waals surface area (Å²) < 4.78 is 55.0. The van der Waals surface area contributed by atoms with Gasteiger partial charge in [-0.1, -0.05) is 12.1 Å². The molecule has 0 amide bonds. The van der Waals surface area contributed by atoms with Crippen LogP contribution in [0.1, 0.15) is 0 Å². The zero-order valence-electron chi connectivity index (χ0n) is 9.21. The number of rotatable bonds is 2. The van der Waals surface area contributed by atoms with Crippen molar-refractivity contribution in [1.29, 1.82) is 0 Å². The third kappa shape index (κ3) is 3.55. The Labute approximate surface area is 119 Å². The van der Waals surface area contributed by atoms with Crippen LogP contribution in [0.3, 0.4) is 0 Å². The number of aromatic nitrogens is 1. The lowest BCUT2D eigenvalue weighted by atomic mass is 10.1. The lowest BCUT2D eigenvalue weighted by molar-refractivity contribution is -0.274. The van der Waals surface area contributed by atoms with Gasteiger partial charge in [0.2, 0.25) is 0 Å². The molecule has 2 rings (SSSR count). The Morgan fingerprint density at radius 1 is 1.16 bits per heavy atom. The SMILES string of the molecule is Fc1cc(I)cnc1-c1ccccc1OC(F)(F)F. The van der Waals surface area contributed by atoms with Gasteiger partial charge in [-0.05, 0) is 40.8 Å². The Bertz CT molecular complexity index is 601. The normalized spacial score (nSPS) is 11.4.